The first-order valence-electron chi connectivity index (χ1n) is 7.28. The molecule has 130 valence electrons. The van der Waals surface area contributed by atoms with Gasteiger partial charge in [-0.15, -0.1) is 0 Å². The van der Waals surface area contributed by atoms with Crippen LogP contribution in [0.3, 0.4) is 0 Å². The van der Waals surface area contributed by atoms with Crippen LogP contribution >= 0.6 is 0 Å². The molecule has 8 heteroatoms. The topological polar surface area (TPSA) is 45.7 Å². The molecule has 2 N–H and O–H groups in total. The van der Waals surface area contributed by atoms with Crippen molar-refractivity contribution in [2.24, 2.45) is 4.99 Å². The zero-order valence-corrected chi connectivity index (χ0v) is 13.1. The minimum atomic E-state index is -4.22. The van der Waals surface area contributed by atoms with Gasteiger partial charge in [0.25, 0.3) is 0 Å². The lowest BCUT2D eigenvalue weighted by molar-refractivity contribution is -0.132. The van der Waals surface area contributed by atoms with E-state index in [-0.39, 0.29) is 30.9 Å². The van der Waals surface area contributed by atoms with Crippen molar-refractivity contribution in [3.63, 3.8) is 0 Å². The Bertz CT molecular complexity index is 506. The fraction of sp³-hybridized carbons (Fsp3) is 0.533. The summed E-state index contributed by atoms with van der Waals surface area (Å²) in [6.45, 7) is 1.89. The molecule has 0 saturated carbocycles. The van der Waals surface area contributed by atoms with Crippen molar-refractivity contribution in [2.75, 3.05) is 20.1 Å². The Morgan fingerprint density at radius 2 is 1.96 bits per heavy atom. The number of rotatable bonds is 7. The molecule has 0 bridgehead atoms. The van der Waals surface area contributed by atoms with Crippen LogP contribution in [0.4, 0.5) is 17.6 Å². The standard InChI is InChI=1S/C15H21F4N3O/c1-3-11(23-13-7-5-4-6-12(13)16)10-22-14(20-2)21-9-8-15(17,18)19/h4-7,11H,3,8-10H2,1-2H3,(H2,20,21,22). The fourth-order valence-electron chi connectivity index (χ4n) is 1.74. The summed E-state index contributed by atoms with van der Waals surface area (Å²) in [6, 6.07) is 6.05. The molecular weight excluding hydrogens is 314 g/mol. The van der Waals surface area contributed by atoms with Gasteiger partial charge in [0.2, 0.25) is 0 Å². The van der Waals surface area contributed by atoms with Gasteiger partial charge < -0.3 is 15.4 Å². The lowest BCUT2D eigenvalue weighted by Crippen LogP contribution is -2.43. The Morgan fingerprint density at radius 1 is 1.26 bits per heavy atom. The average Bonchev–Trinajstić information content (AvgIpc) is 2.50. The number of para-hydroxylation sites is 1. The quantitative estimate of drug-likeness (QED) is 0.457. The van der Waals surface area contributed by atoms with E-state index >= 15 is 0 Å². The molecule has 23 heavy (non-hydrogen) atoms. The van der Waals surface area contributed by atoms with E-state index in [9.17, 15) is 17.6 Å². The van der Waals surface area contributed by atoms with Gasteiger partial charge in [-0.05, 0) is 18.6 Å². The van der Waals surface area contributed by atoms with Crippen LogP contribution in [-0.2, 0) is 0 Å². The van der Waals surface area contributed by atoms with Gasteiger partial charge in [-0.3, -0.25) is 4.99 Å². The molecule has 1 rings (SSSR count). The maximum absolute atomic E-state index is 13.5. The normalized spacial score (nSPS) is 13.6. The van der Waals surface area contributed by atoms with Gasteiger partial charge >= 0.3 is 6.18 Å². The van der Waals surface area contributed by atoms with Gasteiger partial charge in [0.05, 0.1) is 13.0 Å². The number of halogens is 4. The molecule has 0 radical (unpaired) electrons. The van der Waals surface area contributed by atoms with Crippen molar-refractivity contribution in [1.29, 1.82) is 0 Å². The van der Waals surface area contributed by atoms with E-state index in [4.69, 9.17) is 4.74 Å². The Balaban J connectivity index is 2.44. The molecule has 0 amide bonds. The molecule has 1 aromatic rings. The number of hydrogen-bond acceptors (Lipinski definition) is 2. The zero-order valence-electron chi connectivity index (χ0n) is 13.1. The van der Waals surface area contributed by atoms with Crippen LogP contribution in [0, 0.1) is 5.82 Å². The summed E-state index contributed by atoms with van der Waals surface area (Å²) in [5.74, 6) is -0.0790. The predicted octanol–water partition coefficient (Wildman–Crippen LogP) is 3.10. The SMILES string of the molecule is CCC(CNC(=NC)NCCC(F)(F)F)Oc1ccccc1F. The first-order valence-corrected chi connectivity index (χ1v) is 7.28. The summed E-state index contributed by atoms with van der Waals surface area (Å²) in [5, 5.41) is 5.44. The second kappa shape index (κ2) is 9.22. The first-order chi connectivity index (χ1) is 10.9. The number of nitrogens with zero attached hydrogens (tertiary/aromatic N) is 1. The second-order valence-electron chi connectivity index (χ2n) is 4.82. The van der Waals surface area contributed by atoms with Crippen molar-refractivity contribution in [2.45, 2.75) is 32.0 Å². The fourth-order valence-corrected chi connectivity index (χ4v) is 1.74. The third-order valence-corrected chi connectivity index (χ3v) is 3.01. The lowest BCUT2D eigenvalue weighted by Gasteiger charge is -2.20. The third kappa shape index (κ3) is 7.71. The van der Waals surface area contributed by atoms with Crippen molar-refractivity contribution >= 4 is 5.96 Å². The lowest BCUT2D eigenvalue weighted by atomic mass is 10.2. The molecule has 0 aliphatic rings. The molecule has 0 aromatic heterocycles. The summed E-state index contributed by atoms with van der Waals surface area (Å²) in [6.07, 6.45) is -4.91. The maximum Gasteiger partial charge on any atom is 0.390 e. The Morgan fingerprint density at radius 3 is 2.52 bits per heavy atom. The number of alkyl halides is 3. The van der Waals surface area contributed by atoms with Crippen LogP contribution in [0.5, 0.6) is 5.75 Å². The Labute approximate surface area is 132 Å². The van der Waals surface area contributed by atoms with E-state index in [2.05, 4.69) is 15.6 Å². The summed E-state index contributed by atoms with van der Waals surface area (Å²) in [5.41, 5.74) is 0. The number of nitrogens with one attached hydrogen (secondary N) is 2. The molecule has 0 aliphatic carbocycles. The number of hydrogen-bond donors (Lipinski definition) is 2. The Kier molecular flexibility index (Phi) is 7.64. The van der Waals surface area contributed by atoms with Crippen molar-refractivity contribution < 1.29 is 22.3 Å². The molecule has 1 aromatic carbocycles. The van der Waals surface area contributed by atoms with E-state index in [0.717, 1.165) is 0 Å². The van der Waals surface area contributed by atoms with Gasteiger partial charge in [0.1, 0.15) is 6.10 Å². The molecule has 0 aliphatic heterocycles. The number of guanidine groups is 1. The molecule has 0 fully saturated rings. The molecule has 0 saturated heterocycles. The molecule has 1 atom stereocenters. The maximum atomic E-state index is 13.5. The van der Waals surface area contributed by atoms with Crippen molar-refractivity contribution in [3.05, 3.63) is 30.1 Å². The van der Waals surface area contributed by atoms with Crippen molar-refractivity contribution in [3.8, 4) is 5.75 Å². The number of ether oxygens (including phenoxy) is 1. The zero-order chi connectivity index (χ0) is 17.3. The summed E-state index contributed by atoms with van der Waals surface area (Å²) in [4.78, 5) is 3.84. The summed E-state index contributed by atoms with van der Waals surface area (Å²) < 4.78 is 55.4. The third-order valence-electron chi connectivity index (χ3n) is 3.01. The van der Waals surface area contributed by atoms with Gasteiger partial charge in [-0.25, -0.2) is 4.39 Å². The largest absolute Gasteiger partial charge is 0.486 e. The van der Waals surface area contributed by atoms with Crippen LogP contribution in [0.1, 0.15) is 19.8 Å². The molecule has 4 nitrogen and oxygen atoms in total. The van der Waals surface area contributed by atoms with Crippen molar-refractivity contribution in [1.82, 2.24) is 10.6 Å². The Hall–Kier alpha value is -1.99. The van der Waals surface area contributed by atoms with E-state index in [0.29, 0.717) is 6.42 Å². The second-order valence-corrected chi connectivity index (χ2v) is 4.82. The van der Waals surface area contributed by atoms with E-state index < -0.39 is 18.4 Å². The van der Waals surface area contributed by atoms with E-state index in [1.807, 2.05) is 6.92 Å². The van der Waals surface area contributed by atoms with Gasteiger partial charge in [0, 0.05) is 13.6 Å². The monoisotopic (exact) mass is 335 g/mol. The van der Waals surface area contributed by atoms with Crippen LogP contribution in [0.15, 0.2) is 29.3 Å². The smallest absolute Gasteiger partial charge is 0.390 e. The minimum Gasteiger partial charge on any atom is -0.486 e. The highest BCUT2D eigenvalue weighted by molar-refractivity contribution is 5.79. The van der Waals surface area contributed by atoms with Gasteiger partial charge in [0.15, 0.2) is 17.5 Å². The molecule has 1 unspecified atom stereocenters. The van der Waals surface area contributed by atoms with E-state index in [1.54, 1.807) is 12.1 Å². The van der Waals surface area contributed by atoms with Crippen LogP contribution in [0.2, 0.25) is 0 Å². The number of aliphatic imine (C=N–C) groups is 1. The highest BCUT2D eigenvalue weighted by atomic mass is 19.4. The molecular formula is C15H21F4N3O. The predicted molar refractivity (Wildman–Crippen MR) is 81.1 cm³/mol. The van der Waals surface area contributed by atoms with Crippen LogP contribution in [-0.4, -0.2) is 38.4 Å². The van der Waals surface area contributed by atoms with Crippen LogP contribution < -0.4 is 15.4 Å². The van der Waals surface area contributed by atoms with Gasteiger partial charge in [-0.1, -0.05) is 19.1 Å². The summed E-state index contributed by atoms with van der Waals surface area (Å²) >= 11 is 0. The average molecular weight is 335 g/mol. The van der Waals surface area contributed by atoms with Gasteiger partial charge in [-0.2, -0.15) is 13.2 Å². The van der Waals surface area contributed by atoms with E-state index in [1.165, 1.54) is 19.2 Å². The highest BCUT2D eigenvalue weighted by Crippen LogP contribution is 2.18. The number of benzene rings is 1. The minimum absolute atomic E-state index is 0.140. The first kappa shape index (κ1) is 19.1. The van der Waals surface area contributed by atoms with Crippen LogP contribution in [0.25, 0.3) is 0 Å². The highest BCUT2D eigenvalue weighted by Gasteiger charge is 2.26. The molecule has 0 heterocycles. The summed E-state index contributed by atoms with van der Waals surface area (Å²) in [7, 11) is 1.46. The molecule has 0 spiro atoms.